The Morgan fingerprint density at radius 3 is 2.45 bits per heavy atom. The van der Waals surface area contributed by atoms with Crippen molar-refractivity contribution in [2.24, 2.45) is 5.92 Å². The fourth-order valence-corrected chi connectivity index (χ4v) is 1.81. The Balaban J connectivity index is 2.19. The van der Waals surface area contributed by atoms with Crippen molar-refractivity contribution in [2.45, 2.75) is 20.0 Å². The van der Waals surface area contributed by atoms with E-state index in [1.165, 1.54) is 24.5 Å². The van der Waals surface area contributed by atoms with Gasteiger partial charge in [-0.3, -0.25) is 0 Å². The summed E-state index contributed by atoms with van der Waals surface area (Å²) in [6, 6.07) is 6.86. The third-order valence-electron chi connectivity index (χ3n) is 2.85. The van der Waals surface area contributed by atoms with E-state index in [1.54, 1.807) is 6.07 Å². The minimum absolute atomic E-state index is 0.0384. The predicted molar refractivity (Wildman–Crippen MR) is 80.1 cm³/mol. The monoisotopic (exact) mass is 310 g/mol. The number of hydrogen-bond acceptors (Lipinski definition) is 4. The lowest BCUT2D eigenvalue weighted by Gasteiger charge is -2.14. The van der Waals surface area contributed by atoms with E-state index in [9.17, 15) is 13.2 Å². The van der Waals surface area contributed by atoms with Crippen molar-refractivity contribution in [3.05, 3.63) is 42.2 Å². The van der Waals surface area contributed by atoms with Gasteiger partial charge in [0.15, 0.2) is 0 Å². The molecule has 0 aliphatic heterocycles. The van der Waals surface area contributed by atoms with E-state index in [-0.39, 0.29) is 5.69 Å². The van der Waals surface area contributed by atoms with Gasteiger partial charge in [-0.1, -0.05) is 26.0 Å². The van der Waals surface area contributed by atoms with E-state index in [2.05, 4.69) is 20.6 Å². The highest BCUT2D eigenvalue weighted by Crippen LogP contribution is 2.35. The molecule has 0 aliphatic rings. The molecule has 2 rings (SSSR count). The Labute approximate surface area is 126 Å². The Bertz CT molecular complexity index is 626. The van der Waals surface area contributed by atoms with Crippen molar-refractivity contribution in [1.29, 1.82) is 0 Å². The molecule has 22 heavy (non-hydrogen) atoms. The van der Waals surface area contributed by atoms with Crippen molar-refractivity contribution in [3.63, 3.8) is 0 Å². The van der Waals surface area contributed by atoms with Gasteiger partial charge < -0.3 is 10.6 Å². The molecular formula is C15H17F3N4. The summed E-state index contributed by atoms with van der Waals surface area (Å²) in [6.07, 6.45) is -3.11. The average molecular weight is 310 g/mol. The molecule has 0 spiro atoms. The lowest BCUT2D eigenvalue weighted by atomic mass is 10.1. The van der Waals surface area contributed by atoms with Gasteiger partial charge in [-0.2, -0.15) is 13.2 Å². The summed E-state index contributed by atoms with van der Waals surface area (Å²) < 4.78 is 38.9. The predicted octanol–water partition coefficient (Wildman–Crippen LogP) is 4.31. The number of nitrogens with one attached hydrogen (secondary N) is 2. The number of alkyl halides is 3. The van der Waals surface area contributed by atoms with Crippen LogP contribution in [0.4, 0.5) is 30.5 Å². The molecule has 4 nitrogen and oxygen atoms in total. The first-order valence-corrected chi connectivity index (χ1v) is 6.85. The van der Waals surface area contributed by atoms with E-state index in [0.717, 1.165) is 12.6 Å². The van der Waals surface area contributed by atoms with Crippen LogP contribution in [0.15, 0.2) is 36.7 Å². The molecule has 0 atom stereocenters. The van der Waals surface area contributed by atoms with E-state index in [1.807, 2.05) is 13.8 Å². The molecule has 7 heteroatoms. The first-order valence-electron chi connectivity index (χ1n) is 6.85. The fraction of sp³-hybridized carbons (Fsp3) is 0.333. The van der Waals surface area contributed by atoms with Gasteiger partial charge in [0.05, 0.1) is 11.3 Å². The summed E-state index contributed by atoms with van der Waals surface area (Å²) in [5, 5.41) is 5.80. The maximum absolute atomic E-state index is 13.0. The normalized spacial score (nSPS) is 11.5. The summed E-state index contributed by atoms with van der Waals surface area (Å²) in [5.41, 5.74) is -0.770. The van der Waals surface area contributed by atoms with Crippen LogP contribution in [-0.2, 0) is 6.18 Å². The van der Waals surface area contributed by atoms with Crippen molar-refractivity contribution in [2.75, 3.05) is 17.2 Å². The zero-order chi connectivity index (χ0) is 16.2. The highest BCUT2D eigenvalue weighted by atomic mass is 19.4. The number of halogens is 3. The standard InChI is InChI=1S/C15H17F3N4/c1-10(2)8-19-13-7-14(21-9-20-13)22-12-6-4-3-5-11(12)15(16,17)18/h3-7,9-10H,8H2,1-2H3,(H2,19,20,21,22). The summed E-state index contributed by atoms with van der Waals surface area (Å²) in [5.74, 6) is 1.30. The molecule has 0 unspecified atom stereocenters. The van der Waals surface area contributed by atoms with Gasteiger partial charge in [-0.05, 0) is 18.1 Å². The largest absolute Gasteiger partial charge is 0.418 e. The number of aromatic nitrogens is 2. The maximum Gasteiger partial charge on any atom is 0.418 e. The van der Waals surface area contributed by atoms with Crippen molar-refractivity contribution in [1.82, 2.24) is 9.97 Å². The minimum Gasteiger partial charge on any atom is -0.370 e. The van der Waals surface area contributed by atoms with E-state index < -0.39 is 11.7 Å². The van der Waals surface area contributed by atoms with Gasteiger partial charge in [0.1, 0.15) is 18.0 Å². The summed E-state index contributed by atoms with van der Waals surface area (Å²) in [7, 11) is 0. The Kier molecular flexibility index (Phi) is 4.85. The summed E-state index contributed by atoms with van der Waals surface area (Å²) in [4.78, 5) is 8.00. The Morgan fingerprint density at radius 1 is 1.09 bits per heavy atom. The highest BCUT2D eigenvalue weighted by molar-refractivity contribution is 5.63. The number of benzene rings is 1. The van der Waals surface area contributed by atoms with Crippen molar-refractivity contribution < 1.29 is 13.2 Å². The van der Waals surface area contributed by atoms with Crippen LogP contribution < -0.4 is 10.6 Å². The van der Waals surface area contributed by atoms with Gasteiger partial charge in [-0.15, -0.1) is 0 Å². The number of anilines is 3. The lowest BCUT2D eigenvalue weighted by Crippen LogP contribution is -2.11. The smallest absolute Gasteiger partial charge is 0.370 e. The topological polar surface area (TPSA) is 49.8 Å². The second-order valence-electron chi connectivity index (χ2n) is 5.23. The van der Waals surface area contributed by atoms with Crippen LogP contribution >= 0.6 is 0 Å². The number of rotatable bonds is 5. The van der Waals surface area contributed by atoms with Crippen LogP contribution in [-0.4, -0.2) is 16.5 Å². The number of hydrogen-bond donors (Lipinski definition) is 2. The molecule has 0 saturated carbocycles. The molecule has 1 aromatic heterocycles. The van der Waals surface area contributed by atoms with Crippen LogP contribution in [0.5, 0.6) is 0 Å². The molecule has 1 aromatic carbocycles. The quantitative estimate of drug-likeness (QED) is 0.864. The van der Waals surface area contributed by atoms with Crippen LogP contribution in [0.25, 0.3) is 0 Å². The molecule has 0 amide bonds. The molecule has 2 N–H and O–H groups in total. The van der Waals surface area contributed by atoms with Gasteiger partial charge in [-0.25, -0.2) is 9.97 Å². The van der Waals surface area contributed by atoms with Gasteiger partial charge in [0, 0.05) is 12.6 Å². The summed E-state index contributed by atoms with van der Waals surface area (Å²) >= 11 is 0. The molecule has 2 aromatic rings. The van der Waals surface area contributed by atoms with E-state index in [4.69, 9.17) is 0 Å². The molecule has 118 valence electrons. The number of nitrogens with zero attached hydrogens (tertiary/aromatic N) is 2. The highest BCUT2D eigenvalue weighted by Gasteiger charge is 2.33. The molecule has 0 saturated heterocycles. The molecule has 0 radical (unpaired) electrons. The van der Waals surface area contributed by atoms with Crippen LogP contribution in [0, 0.1) is 5.92 Å². The molecule has 0 aliphatic carbocycles. The average Bonchev–Trinajstić information content (AvgIpc) is 2.45. The van der Waals surface area contributed by atoms with E-state index >= 15 is 0 Å². The van der Waals surface area contributed by atoms with Gasteiger partial charge >= 0.3 is 6.18 Å². The summed E-state index contributed by atoms with van der Waals surface area (Å²) in [6.45, 7) is 4.81. The van der Waals surface area contributed by atoms with E-state index in [0.29, 0.717) is 17.6 Å². The van der Waals surface area contributed by atoms with Crippen LogP contribution in [0.2, 0.25) is 0 Å². The second kappa shape index (κ2) is 6.64. The Morgan fingerprint density at radius 2 is 1.77 bits per heavy atom. The van der Waals surface area contributed by atoms with Gasteiger partial charge in [0.2, 0.25) is 0 Å². The SMILES string of the molecule is CC(C)CNc1cc(Nc2ccccc2C(F)(F)F)ncn1. The second-order valence-corrected chi connectivity index (χ2v) is 5.23. The number of para-hydroxylation sites is 1. The third-order valence-corrected chi connectivity index (χ3v) is 2.85. The maximum atomic E-state index is 13.0. The Hall–Kier alpha value is -2.31. The van der Waals surface area contributed by atoms with Crippen molar-refractivity contribution >= 4 is 17.3 Å². The lowest BCUT2D eigenvalue weighted by molar-refractivity contribution is -0.136. The minimum atomic E-state index is -4.42. The fourth-order valence-electron chi connectivity index (χ4n) is 1.81. The third kappa shape index (κ3) is 4.34. The van der Waals surface area contributed by atoms with Gasteiger partial charge in [0.25, 0.3) is 0 Å². The molecule has 1 heterocycles. The zero-order valence-corrected chi connectivity index (χ0v) is 12.3. The molecule has 0 fully saturated rings. The van der Waals surface area contributed by atoms with Crippen LogP contribution in [0.1, 0.15) is 19.4 Å². The molecule has 0 bridgehead atoms. The van der Waals surface area contributed by atoms with Crippen molar-refractivity contribution in [3.8, 4) is 0 Å². The molecular weight excluding hydrogens is 293 g/mol. The first-order chi connectivity index (χ1) is 10.4. The zero-order valence-electron chi connectivity index (χ0n) is 12.3. The van der Waals surface area contributed by atoms with Crippen LogP contribution in [0.3, 0.4) is 0 Å². The first kappa shape index (κ1) is 16.1.